The molecule has 1 N–H and O–H groups in total. The molecule has 37 heavy (non-hydrogen) atoms. The van der Waals surface area contributed by atoms with Crippen molar-refractivity contribution >= 4 is 11.8 Å². The Balaban J connectivity index is 1.51. The number of hydrogen-bond donors (Lipinski definition) is 1. The number of nitrogens with zero attached hydrogens (tertiary/aromatic N) is 6. The average Bonchev–Trinajstić information content (AvgIpc) is 3.58. The molecule has 1 aliphatic rings. The van der Waals surface area contributed by atoms with Crippen LogP contribution < -0.4 is 0 Å². The number of hydrogen-bond acceptors (Lipinski definition) is 8. The first kappa shape index (κ1) is 26.5. The van der Waals surface area contributed by atoms with Gasteiger partial charge in [-0.25, -0.2) is 0 Å². The summed E-state index contributed by atoms with van der Waals surface area (Å²) in [6.07, 6.45) is 2.36. The number of aliphatic hydroxyl groups is 1. The van der Waals surface area contributed by atoms with Gasteiger partial charge in [-0.15, -0.1) is 5.10 Å². The number of carbonyl (C=O) groups excluding carboxylic acids is 2. The van der Waals surface area contributed by atoms with Gasteiger partial charge in [0.2, 0.25) is 5.91 Å². The lowest BCUT2D eigenvalue weighted by Crippen LogP contribution is -2.47. The van der Waals surface area contributed by atoms with Gasteiger partial charge in [-0.1, -0.05) is 47.6 Å². The molecule has 0 unspecified atom stereocenters. The minimum absolute atomic E-state index is 0.0350. The van der Waals surface area contributed by atoms with Crippen LogP contribution in [-0.2, 0) is 22.7 Å². The molecule has 0 spiro atoms. The highest BCUT2D eigenvalue weighted by Gasteiger charge is 2.29. The Labute approximate surface area is 216 Å². The monoisotopic (exact) mass is 510 g/mol. The van der Waals surface area contributed by atoms with Crippen molar-refractivity contribution in [1.29, 1.82) is 0 Å². The lowest BCUT2D eigenvalue weighted by molar-refractivity contribution is -0.136. The minimum Gasteiger partial charge on any atom is -0.394 e. The predicted molar refractivity (Wildman–Crippen MR) is 134 cm³/mol. The van der Waals surface area contributed by atoms with Crippen LogP contribution in [0.3, 0.4) is 0 Å². The predicted octanol–water partition coefficient (Wildman–Crippen LogP) is 2.23. The molecule has 2 amide bonds. The van der Waals surface area contributed by atoms with Gasteiger partial charge in [0.05, 0.1) is 31.6 Å². The lowest BCUT2D eigenvalue weighted by atomic mass is 10.0. The van der Waals surface area contributed by atoms with E-state index >= 15 is 0 Å². The van der Waals surface area contributed by atoms with Crippen molar-refractivity contribution in [3.05, 3.63) is 54.0 Å². The highest BCUT2D eigenvalue weighted by atomic mass is 16.5. The Morgan fingerprint density at radius 2 is 2.08 bits per heavy atom. The third kappa shape index (κ3) is 6.60. The Kier molecular flexibility index (Phi) is 8.67. The molecular weight excluding hydrogens is 476 g/mol. The Morgan fingerprint density at radius 1 is 1.30 bits per heavy atom. The maximum atomic E-state index is 13.2. The largest absolute Gasteiger partial charge is 0.394 e. The summed E-state index contributed by atoms with van der Waals surface area (Å²) >= 11 is 0. The fourth-order valence-electron chi connectivity index (χ4n) is 4.36. The van der Waals surface area contributed by atoms with E-state index in [0.29, 0.717) is 37.4 Å². The summed E-state index contributed by atoms with van der Waals surface area (Å²) in [5.41, 5.74) is 1.72. The summed E-state index contributed by atoms with van der Waals surface area (Å²) in [5, 5.41) is 22.0. The summed E-state index contributed by atoms with van der Waals surface area (Å²) in [6.45, 7) is 5.11. The standard InChI is InChI=1S/C26H34N6O5/c1-18-13-32(19(2)16-33)25(34)10-7-11-31-14-21(27-29-31)17-36-24(18)15-30(3)26(35)22-12-23(37-28-22)20-8-5-4-6-9-20/h4-6,8-9,12,14,18-19,24,33H,7,10-11,13,15-17H2,1-3H3/t18-,19-,24+/m0/s1. The fraction of sp³-hybridized carbons (Fsp3) is 0.500. The molecule has 1 aromatic carbocycles. The van der Waals surface area contributed by atoms with Gasteiger partial charge in [-0.3, -0.25) is 14.3 Å². The zero-order valence-corrected chi connectivity index (χ0v) is 21.5. The quantitative estimate of drug-likeness (QED) is 0.535. The third-order valence-corrected chi connectivity index (χ3v) is 6.63. The SMILES string of the molecule is C[C@H]1CN([C@@H](C)CO)C(=O)CCCn2cc(nn2)CO[C@@H]1CN(C)C(=O)c1cc(-c2ccccc2)on1. The Morgan fingerprint density at radius 3 is 2.84 bits per heavy atom. The molecule has 2 aromatic heterocycles. The van der Waals surface area contributed by atoms with Crippen molar-refractivity contribution in [2.24, 2.45) is 5.92 Å². The minimum atomic E-state index is -0.415. The second-order valence-corrected chi connectivity index (χ2v) is 9.61. The highest BCUT2D eigenvalue weighted by molar-refractivity contribution is 5.93. The van der Waals surface area contributed by atoms with E-state index < -0.39 is 6.10 Å². The van der Waals surface area contributed by atoms with Gasteiger partial charge >= 0.3 is 0 Å². The van der Waals surface area contributed by atoms with E-state index in [2.05, 4.69) is 15.5 Å². The molecule has 0 aliphatic carbocycles. The lowest BCUT2D eigenvalue weighted by Gasteiger charge is -2.35. The Bertz CT molecular complexity index is 1180. The van der Waals surface area contributed by atoms with Crippen LogP contribution >= 0.6 is 0 Å². The molecule has 0 radical (unpaired) electrons. The van der Waals surface area contributed by atoms with E-state index in [1.807, 2.05) is 50.4 Å². The highest BCUT2D eigenvalue weighted by Crippen LogP contribution is 2.22. The number of carbonyl (C=O) groups is 2. The summed E-state index contributed by atoms with van der Waals surface area (Å²) in [5.74, 6) is 0.0416. The summed E-state index contributed by atoms with van der Waals surface area (Å²) in [4.78, 5) is 29.5. The maximum Gasteiger partial charge on any atom is 0.275 e. The third-order valence-electron chi connectivity index (χ3n) is 6.63. The molecule has 1 aliphatic heterocycles. The van der Waals surface area contributed by atoms with Crippen LogP contribution in [0.1, 0.15) is 42.9 Å². The van der Waals surface area contributed by atoms with Crippen LogP contribution in [-0.4, -0.2) is 85.8 Å². The van der Waals surface area contributed by atoms with Crippen molar-refractivity contribution in [3.8, 4) is 11.3 Å². The van der Waals surface area contributed by atoms with Gasteiger partial charge in [0.15, 0.2) is 11.5 Å². The van der Waals surface area contributed by atoms with Crippen LogP contribution in [0.15, 0.2) is 47.1 Å². The summed E-state index contributed by atoms with van der Waals surface area (Å²) in [6, 6.07) is 10.8. The van der Waals surface area contributed by atoms with Crippen LogP contribution in [0.5, 0.6) is 0 Å². The first-order valence-electron chi connectivity index (χ1n) is 12.5. The second-order valence-electron chi connectivity index (χ2n) is 9.61. The van der Waals surface area contributed by atoms with E-state index in [1.54, 1.807) is 27.6 Å². The smallest absolute Gasteiger partial charge is 0.275 e. The van der Waals surface area contributed by atoms with E-state index in [9.17, 15) is 14.7 Å². The molecule has 0 saturated heterocycles. The first-order valence-corrected chi connectivity index (χ1v) is 12.5. The first-order chi connectivity index (χ1) is 17.9. The maximum absolute atomic E-state index is 13.2. The summed E-state index contributed by atoms with van der Waals surface area (Å²) < 4.78 is 13.3. The molecule has 198 valence electrons. The number of aliphatic hydroxyl groups excluding tert-OH is 1. The molecule has 0 saturated carbocycles. The van der Waals surface area contributed by atoms with Crippen molar-refractivity contribution in [2.75, 3.05) is 26.7 Å². The molecular formula is C26H34N6O5. The molecule has 4 rings (SSSR count). The van der Waals surface area contributed by atoms with Crippen LogP contribution in [0.25, 0.3) is 11.3 Å². The molecule has 3 heterocycles. The average molecular weight is 511 g/mol. The van der Waals surface area contributed by atoms with Gasteiger partial charge in [0.1, 0.15) is 5.69 Å². The fourth-order valence-corrected chi connectivity index (χ4v) is 4.36. The molecule has 11 nitrogen and oxygen atoms in total. The summed E-state index contributed by atoms with van der Waals surface area (Å²) in [7, 11) is 1.69. The zero-order chi connectivity index (χ0) is 26.4. The van der Waals surface area contributed by atoms with Crippen LogP contribution in [0.4, 0.5) is 0 Å². The van der Waals surface area contributed by atoms with Crippen LogP contribution in [0.2, 0.25) is 0 Å². The van der Waals surface area contributed by atoms with E-state index in [0.717, 1.165) is 5.56 Å². The number of ether oxygens (including phenoxy) is 1. The van der Waals surface area contributed by atoms with Gasteiger partial charge in [0.25, 0.3) is 5.91 Å². The molecule has 2 bridgehead atoms. The van der Waals surface area contributed by atoms with Gasteiger partial charge in [0, 0.05) is 50.7 Å². The van der Waals surface area contributed by atoms with Gasteiger partial charge < -0.3 is 24.2 Å². The van der Waals surface area contributed by atoms with Crippen molar-refractivity contribution < 1.29 is 24.0 Å². The number of fused-ring (bicyclic) bond motifs is 2. The number of aryl methyl sites for hydroxylation is 1. The van der Waals surface area contributed by atoms with E-state index in [-0.39, 0.29) is 49.2 Å². The molecule has 11 heteroatoms. The number of likely N-dealkylation sites (N-methyl/N-ethyl adjacent to an activating group) is 1. The topological polar surface area (TPSA) is 127 Å². The van der Waals surface area contributed by atoms with E-state index in [1.165, 1.54) is 0 Å². The second kappa shape index (κ2) is 12.1. The zero-order valence-electron chi connectivity index (χ0n) is 21.5. The van der Waals surface area contributed by atoms with Gasteiger partial charge in [-0.05, 0) is 13.3 Å². The number of aromatic nitrogens is 4. The number of rotatable bonds is 6. The Hall–Kier alpha value is -3.57. The van der Waals surface area contributed by atoms with Crippen molar-refractivity contribution in [1.82, 2.24) is 30.0 Å². The van der Waals surface area contributed by atoms with Crippen molar-refractivity contribution in [2.45, 2.75) is 52.0 Å². The number of amides is 2. The molecule has 0 fully saturated rings. The van der Waals surface area contributed by atoms with Gasteiger partial charge in [-0.2, -0.15) is 0 Å². The normalized spacial score (nSPS) is 20.0. The van der Waals surface area contributed by atoms with Crippen LogP contribution in [0, 0.1) is 5.92 Å². The van der Waals surface area contributed by atoms with Crippen molar-refractivity contribution in [3.63, 3.8) is 0 Å². The van der Waals surface area contributed by atoms with E-state index in [4.69, 9.17) is 9.26 Å². The molecule has 3 aromatic rings. The number of benzene rings is 1. The molecule has 3 atom stereocenters.